The van der Waals surface area contributed by atoms with E-state index in [1.165, 1.54) is 17.5 Å². The lowest BCUT2D eigenvalue weighted by atomic mass is 9.96. The van der Waals surface area contributed by atoms with Gasteiger partial charge in [-0.2, -0.15) is 0 Å². The van der Waals surface area contributed by atoms with Crippen molar-refractivity contribution in [3.8, 4) is 5.75 Å². The summed E-state index contributed by atoms with van der Waals surface area (Å²) in [7, 11) is 0. The summed E-state index contributed by atoms with van der Waals surface area (Å²) in [5, 5.41) is 3.78. The summed E-state index contributed by atoms with van der Waals surface area (Å²) in [6.07, 6.45) is 3.41. The molecule has 0 aromatic heterocycles. The predicted molar refractivity (Wildman–Crippen MR) is 80.7 cm³/mol. The first kappa shape index (κ1) is 14.4. The van der Waals surface area contributed by atoms with Gasteiger partial charge in [0.05, 0.1) is 6.61 Å². The summed E-state index contributed by atoms with van der Waals surface area (Å²) < 4.78 is 5.58. The molecule has 0 radical (unpaired) electrons. The molecular formula is C17H27NO. The molecule has 1 aliphatic rings. The van der Waals surface area contributed by atoms with Crippen LogP contribution in [0.1, 0.15) is 57.7 Å². The lowest BCUT2D eigenvalue weighted by Gasteiger charge is -2.26. The Morgan fingerprint density at radius 1 is 1.21 bits per heavy atom. The second-order valence-electron chi connectivity index (χ2n) is 5.77. The van der Waals surface area contributed by atoms with Gasteiger partial charge in [-0.25, -0.2) is 0 Å². The lowest BCUT2D eigenvalue weighted by molar-refractivity contribution is 0.345. The van der Waals surface area contributed by atoms with Crippen LogP contribution in [0.2, 0.25) is 0 Å². The summed E-state index contributed by atoms with van der Waals surface area (Å²) in [6, 6.07) is 7.69. The Kier molecular flexibility index (Phi) is 4.87. The second-order valence-corrected chi connectivity index (χ2v) is 5.77. The van der Waals surface area contributed by atoms with Gasteiger partial charge in [0.1, 0.15) is 5.75 Å². The Morgan fingerprint density at radius 2 is 2.00 bits per heavy atom. The standard InChI is InChI=1S/C17H27NO/c1-5-12(3)13(4)18-16(6-2)14-7-8-17-15(11-14)9-10-19-17/h7-8,11-13,16,18H,5-6,9-10H2,1-4H3. The van der Waals surface area contributed by atoms with Crippen LogP contribution in [-0.4, -0.2) is 12.6 Å². The van der Waals surface area contributed by atoms with Gasteiger partial charge in [0.15, 0.2) is 0 Å². The van der Waals surface area contributed by atoms with Crippen molar-refractivity contribution in [3.05, 3.63) is 29.3 Å². The minimum absolute atomic E-state index is 0.454. The number of hydrogen-bond donors (Lipinski definition) is 1. The second kappa shape index (κ2) is 6.42. The molecule has 0 aliphatic carbocycles. The van der Waals surface area contributed by atoms with Crippen molar-refractivity contribution in [2.24, 2.45) is 5.92 Å². The molecule has 1 aromatic carbocycles. The molecule has 19 heavy (non-hydrogen) atoms. The highest BCUT2D eigenvalue weighted by molar-refractivity contribution is 5.40. The molecule has 2 nitrogen and oxygen atoms in total. The topological polar surface area (TPSA) is 21.3 Å². The normalized spacial score (nSPS) is 18.5. The van der Waals surface area contributed by atoms with Gasteiger partial charge in [-0.05, 0) is 36.5 Å². The van der Waals surface area contributed by atoms with Crippen molar-refractivity contribution in [1.82, 2.24) is 5.32 Å². The van der Waals surface area contributed by atoms with Crippen LogP contribution in [0, 0.1) is 5.92 Å². The minimum atomic E-state index is 0.454. The van der Waals surface area contributed by atoms with E-state index in [1.807, 2.05) is 0 Å². The van der Waals surface area contributed by atoms with E-state index in [0.717, 1.165) is 25.2 Å². The summed E-state index contributed by atoms with van der Waals surface area (Å²) in [4.78, 5) is 0. The van der Waals surface area contributed by atoms with Crippen LogP contribution in [-0.2, 0) is 6.42 Å². The average Bonchev–Trinajstić information content (AvgIpc) is 2.90. The number of rotatable bonds is 6. The molecule has 2 rings (SSSR count). The molecule has 0 fully saturated rings. The first-order valence-corrected chi connectivity index (χ1v) is 7.67. The van der Waals surface area contributed by atoms with Crippen LogP contribution in [0.5, 0.6) is 5.75 Å². The van der Waals surface area contributed by atoms with E-state index in [4.69, 9.17) is 4.74 Å². The van der Waals surface area contributed by atoms with Crippen molar-refractivity contribution in [3.63, 3.8) is 0 Å². The van der Waals surface area contributed by atoms with Gasteiger partial charge < -0.3 is 10.1 Å². The van der Waals surface area contributed by atoms with E-state index >= 15 is 0 Å². The molecule has 1 N–H and O–H groups in total. The highest BCUT2D eigenvalue weighted by Gasteiger charge is 2.19. The van der Waals surface area contributed by atoms with E-state index in [9.17, 15) is 0 Å². The molecule has 1 heterocycles. The number of hydrogen-bond acceptors (Lipinski definition) is 2. The van der Waals surface area contributed by atoms with Gasteiger partial charge in [-0.1, -0.05) is 39.3 Å². The van der Waals surface area contributed by atoms with Crippen LogP contribution < -0.4 is 10.1 Å². The van der Waals surface area contributed by atoms with Crippen molar-refractivity contribution in [2.45, 2.75) is 59.0 Å². The predicted octanol–water partition coefficient (Wildman–Crippen LogP) is 4.10. The third kappa shape index (κ3) is 3.30. The molecule has 1 aliphatic heterocycles. The van der Waals surface area contributed by atoms with Gasteiger partial charge in [0.25, 0.3) is 0 Å². The van der Waals surface area contributed by atoms with Gasteiger partial charge in [-0.3, -0.25) is 0 Å². The number of fused-ring (bicyclic) bond motifs is 1. The Hall–Kier alpha value is -1.02. The molecule has 2 heteroatoms. The van der Waals surface area contributed by atoms with Crippen molar-refractivity contribution in [1.29, 1.82) is 0 Å². The molecule has 0 spiro atoms. The van der Waals surface area contributed by atoms with Gasteiger partial charge >= 0.3 is 0 Å². The monoisotopic (exact) mass is 261 g/mol. The van der Waals surface area contributed by atoms with Crippen LogP contribution in [0.3, 0.4) is 0 Å². The summed E-state index contributed by atoms with van der Waals surface area (Å²) in [5.74, 6) is 1.79. The molecule has 0 saturated heterocycles. The average molecular weight is 261 g/mol. The van der Waals surface area contributed by atoms with Crippen molar-refractivity contribution < 1.29 is 4.74 Å². The van der Waals surface area contributed by atoms with Gasteiger partial charge in [0.2, 0.25) is 0 Å². The highest BCUT2D eigenvalue weighted by atomic mass is 16.5. The van der Waals surface area contributed by atoms with Crippen LogP contribution in [0.4, 0.5) is 0 Å². The van der Waals surface area contributed by atoms with Crippen molar-refractivity contribution >= 4 is 0 Å². The lowest BCUT2D eigenvalue weighted by Crippen LogP contribution is -2.35. The molecule has 0 bridgehead atoms. The summed E-state index contributed by atoms with van der Waals surface area (Å²) in [6.45, 7) is 9.97. The molecule has 0 saturated carbocycles. The molecule has 3 unspecified atom stereocenters. The molecular weight excluding hydrogens is 234 g/mol. The number of benzene rings is 1. The van der Waals surface area contributed by atoms with Gasteiger partial charge in [-0.15, -0.1) is 0 Å². The largest absolute Gasteiger partial charge is 0.493 e. The first-order valence-electron chi connectivity index (χ1n) is 7.67. The minimum Gasteiger partial charge on any atom is -0.493 e. The number of ether oxygens (including phenoxy) is 1. The zero-order chi connectivity index (χ0) is 13.8. The smallest absolute Gasteiger partial charge is 0.122 e. The maximum Gasteiger partial charge on any atom is 0.122 e. The van der Waals surface area contributed by atoms with Crippen molar-refractivity contribution in [2.75, 3.05) is 6.61 Å². The SMILES string of the molecule is CCC(NC(C)C(C)CC)c1ccc2c(c1)CCO2. The highest BCUT2D eigenvalue weighted by Crippen LogP contribution is 2.29. The molecule has 106 valence electrons. The van der Waals surface area contributed by atoms with Crippen LogP contribution in [0.15, 0.2) is 18.2 Å². The Morgan fingerprint density at radius 3 is 2.68 bits per heavy atom. The maximum absolute atomic E-state index is 5.58. The third-order valence-electron chi connectivity index (χ3n) is 4.49. The van der Waals surface area contributed by atoms with Gasteiger partial charge in [0, 0.05) is 18.5 Å². The van der Waals surface area contributed by atoms with Crippen LogP contribution in [0.25, 0.3) is 0 Å². The summed E-state index contributed by atoms with van der Waals surface area (Å²) in [5.41, 5.74) is 2.77. The fourth-order valence-corrected chi connectivity index (χ4v) is 2.71. The Labute approximate surface area is 117 Å². The van der Waals surface area contributed by atoms with E-state index in [-0.39, 0.29) is 0 Å². The molecule has 3 atom stereocenters. The van der Waals surface area contributed by atoms with E-state index in [2.05, 4.69) is 51.2 Å². The van der Waals surface area contributed by atoms with Crippen LogP contribution >= 0.6 is 0 Å². The zero-order valence-electron chi connectivity index (χ0n) is 12.7. The quantitative estimate of drug-likeness (QED) is 0.832. The van der Waals surface area contributed by atoms with E-state index in [1.54, 1.807) is 0 Å². The number of nitrogens with one attached hydrogen (secondary N) is 1. The van der Waals surface area contributed by atoms with E-state index in [0.29, 0.717) is 18.0 Å². The fourth-order valence-electron chi connectivity index (χ4n) is 2.71. The first-order chi connectivity index (χ1) is 9.15. The van der Waals surface area contributed by atoms with E-state index < -0.39 is 0 Å². The molecule has 1 aromatic rings. The fraction of sp³-hybridized carbons (Fsp3) is 0.647. The Bertz CT molecular complexity index is 416. The maximum atomic E-state index is 5.58. The Balaban J connectivity index is 2.09. The third-order valence-corrected chi connectivity index (χ3v) is 4.49. The zero-order valence-corrected chi connectivity index (χ0v) is 12.7. The summed E-state index contributed by atoms with van der Waals surface area (Å²) >= 11 is 0. The molecule has 0 amide bonds.